The van der Waals surface area contributed by atoms with E-state index < -0.39 is 0 Å². The molecule has 19 heavy (non-hydrogen) atoms. The van der Waals surface area contributed by atoms with E-state index in [9.17, 15) is 0 Å². The minimum absolute atomic E-state index is 0.513. The van der Waals surface area contributed by atoms with Crippen molar-refractivity contribution in [2.75, 3.05) is 31.1 Å². The second-order valence-corrected chi connectivity index (χ2v) is 8.67. The Bertz CT molecular complexity index is 295. The standard InChI is InChI=1S/C16H30N2S/c1-16(2)7-9-19-12-15(16)18(10-13-5-6-13)11-14-4-3-8-17-14/h13-15,17H,3-12H2,1-2H3. The highest BCUT2D eigenvalue weighted by Crippen LogP contribution is 2.39. The summed E-state index contributed by atoms with van der Waals surface area (Å²) in [5.41, 5.74) is 0.513. The number of thioether (sulfide) groups is 1. The summed E-state index contributed by atoms with van der Waals surface area (Å²) in [7, 11) is 0. The number of hydrogen-bond donors (Lipinski definition) is 1. The van der Waals surface area contributed by atoms with Gasteiger partial charge in [-0.2, -0.15) is 11.8 Å². The molecule has 3 aliphatic rings. The summed E-state index contributed by atoms with van der Waals surface area (Å²) < 4.78 is 0. The van der Waals surface area contributed by atoms with Crippen LogP contribution in [0.25, 0.3) is 0 Å². The van der Waals surface area contributed by atoms with Crippen LogP contribution in [0.3, 0.4) is 0 Å². The molecule has 0 aromatic heterocycles. The molecule has 0 aromatic carbocycles. The SMILES string of the molecule is CC1(C)CCSCC1N(CC1CC1)CC1CCCN1. The molecule has 2 atom stereocenters. The third-order valence-corrected chi connectivity index (χ3v) is 6.36. The lowest BCUT2D eigenvalue weighted by Crippen LogP contribution is -2.53. The first-order valence-electron chi connectivity index (χ1n) is 8.20. The third kappa shape index (κ3) is 3.68. The van der Waals surface area contributed by atoms with E-state index in [4.69, 9.17) is 0 Å². The fourth-order valence-corrected chi connectivity index (χ4v) is 5.40. The van der Waals surface area contributed by atoms with Crippen LogP contribution in [0.2, 0.25) is 0 Å². The molecule has 1 saturated carbocycles. The predicted molar refractivity (Wildman–Crippen MR) is 84.8 cm³/mol. The summed E-state index contributed by atoms with van der Waals surface area (Å²) in [6.07, 6.45) is 7.12. The van der Waals surface area contributed by atoms with E-state index in [1.807, 2.05) is 0 Å². The molecule has 2 unspecified atom stereocenters. The van der Waals surface area contributed by atoms with Crippen LogP contribution in [0, 0.1) is 11.3 Å². The maximum atomic E-state index is 3.70. The van der Waals surface area contributed by atoms with Gasteiger partial charge in [0.05, 0.1) is 0 Å². The highest BCUT2D eigenvalue weighted by Gasteiger charge is 2.39. The Hall–Kier alpha value is 0.270. The van der Waals surface area contributed by atoms with Crippen LogP contribution in [0.15, 0.2) is 0 Å². The van der Waals surface area contributed by atoms with E-state index in [0.29, 0.717) is 5.41 Å². The van der Waals surface area contributed by atoms with Gasteiger partial charge in [0, 0.05) is 30.9 Å². The molecule has 3 rings (SSSR count). The van der Waals surface area contributed by atoms with E-state index in [2.05, 4.69) is 35.8 Å². The van der Waals surface area contributed by atoms with Gasteiger partial charge in [0.25, 0.3) is 0 Å². The highest BCUT2D eigenvalue weighted by atomic mass is 32.2. The normalized spacial score (nSPS) is 34.9. The Morgan fingerprint density at radius 2 is 2.05 bits per heavy atom. The van der Waals surface area contributed by atoms with Gasteiger partial charge in [-0.1, -0.05) is 13.8 Å². The van der Waals surface area contributed by atoms with E-state index >= 15 is 0 Å². The van der Waals surface area contributed by atoms with Crippen molar-refractivity contribution >= 4 is 11.8 Å². The minimum atomic E-state index is 0.513. The third-order valence-electron chi connectivity index (χ3n) is 5.32. The summed E-state index contributed by atoms with van der Waals surface area (Å²) in [5, 5.41) is 3.70. The molecular weight excluding hydrogens is 252 g/mol. The quantitative estimate of drug-likeness (QED) is 0.834. The number of nitrogens with one attached hydrogen (secondary N) is 1. The van der Waals surface area contributed by atoms with E-state index in [-0.39, 0.29) is 0 Å². The molecule has 3 fully saturated rings. The van der Waals surface area contributed by atoms with Crippen molar-refractivity contribution in [1.82, 2.24) is 10.2 Å². The molecule has 2 nitrogen and oxygen atoms in total. The zero-order chi connectivity index (χ0) is 13.3. The summed E-state index contributed by atoms with van der Waals surface area (Å²) >= 11 is 2.18. The summed E-state index contributed by atoms with van der Waals surface area (Å²) in [6, 6.07) is 1.57. The number of rotatable bonds is 5. The van der Waals surface area contributed by atoms with Crippen molar-refractivity contribution in [3.8, 4) is 0 Å². The van der Waals surface area contributed by atoms with Gasteiger partial charge in [-0.05, 0) is 55.7 Å². The van der Waals surface area contributed by atoms with Crippen molar-refractivity contribution < 1.29 is 0 Å². The maximum Gasteiger partial charge on any atom is 0.0238 e. The highest BCUT2D eigenvalue weighted by molar-refractivity contribution is 7.99. The molecule has 3 heteroatoms. The monoisotopic (exact) mass is 282 g/mol. The molecule has 2 aliphatic heterocycles. The van der Waals surface area contributed by atoms with E-state index in [1.54, 1.807) is 0 Å². The Morgan fingerprint density at radius 1 is 1.21 bits per heavy atom. The smallest absolute Gasteiger partial charge is 0.0238 e. The van der Waals surface area contributed by atoms with Crippen LogP contribution >= 0.6 is 11.8 Å². The molecule has 2 heterocycles. The summed E-state index contributed by atoms with van der Waals surface area (Å²) in [5.74, 6) is 3.73. The molecule has 0 amide bonds. The molecule has 0 spiro atoms. The van der Waals surface area contributed by atoms with E-state index in [0.717, 1.165) is 18.0 Å². The average molecular weight is 282 g/mol. The first-order valence-corrected chi connectivity index (χ1v) is 9.36. The number of nitrogens with zero attached hydrogens (tertiary/aromatic N) is 1. The van der Waals surface area contributed by atoms with Crippen LogP contribution in [0.4, 0.5) is 0 Å². The molecule has 1 aliphatic carbocycles. The molecular formula is C16H30N2S. The van der Waals surface area contributed by atoms with Gasteiger partial charge in [-0.3, -0.25) is 4.90 Å². The van der Waals surface area contributed by atoms with Crippen LogP contribution in [0.1, 0.15) is 46.0 Å². The first kappa shape index (κ1) is 14.2. The molecule has 1 N–H and O–H groups in total. The zero-order valence-electron chi connectivity index (χ0n) is 12.7. The molecule has 0 aromatic rings. The Balaban J connectivity index is 1.65. The van der Waals surface area contributed by atoms with Gasteiger partial charge >= 0.3 is 0 Å². The van der Waals surface area contributed by atoms with Crippen LogP contribution < -0.4 is 5.32 Å². The molecule has 110 valence electrons. The topological polar surface area (TPSA) is 15.3 Å². The second kappa shape index (κ2) is 5.95. The summed E-state index contributed by atoms with van der Waals surface area (Å²) in [4.78, 5) is 2.87. The Kier molecular flexibility index (Phi) is 4.45. The lowest BCUT2D eigenvalue weighted by atomic mass is 9.81. The largest absolute Gasteiger partial charge is 0.313 e. The zero-order valence-corrected chi connectivity index (χ0v) is 13.5. The Morgan fingerprint density at radius 3 is 2.68 bits per heavy atom. The van der Waals surface area contributed by atoms with Crippen LogP contribution in [-0.2, 0) is 0 Å². The van der Waals surface area contributed by atoms with Gasteiger partial charge < -0.3 is 5.32 Å². The van der Waals surface area contributed by atoms with Crippen LogP contribution in [0.5, 0.6) is 0 Å². The maximum absolute atomic E-state index is 3.70. The van der Waals surface area contributed by atoms with Crippen molar-refractivity contribution in [1.29, 1.82) is 0 Å². The Labute approximate surface area is 123 Å². The number of hydrogen-bond acceptors (Lipinski definition) is 3. The second-order valence-electron chi connectivity index (χ2n) is 7.52. The lowest BCUT2D eigenvalue weighted by molar-refractivity contribution is 0.0847. The first-order chi connectivity index (χ1) is 9.15. The van der Waals surface area contributed by atoms with Gasteiger partial charge in [-0.15, -0.1) is 0 Å². The lowest BCUT2D eigenvalue weighted by Gasteiger charge is -2.46. The fourth-order valence-electron chi connectivity index (χ4n) is 3.68. The van der Waals surface area contributed by atoms with Gasteiger partial charge in [0.15, 0.2) is 0 Å². The minimum Gasteiger partial charge on any atom is -0.313 e. The van der Waals surface area contributed by atoms with Gasteiger partial charge in [0.2, 0.25) is 0 Å². The van der Waals surface area contributed by atoms with Crippen molar-refractivity contribution in [3.05, 3.63) is 0 Å². The van der Waals surface area contributed by atoms with Gasteiger partial charge in [-0.25, -0.2) is 0 Å². The molecule has 2 saturated heterocycles. The van der Waals surface area contributed by atoms with Crippen molar-refractivity contribution in [3.63, 3.8) is 0 Å². The molecule has 0 radical (unpaired) electrons. The summed E-state index contributed by atoms with van der Waals surface area (Å²) in [6.45, 7) is 8.90. The van der Waals surface area contributed by atoms with Crippen molar-refractivity contribution in [2.45, 2.75) is 58.0 Å². The van der Waals surface area contributed by atoms with Gasteiger partial charge in [0.1, 0.15) is 0 Å². The van der Waals surface area contributed by atoms with Crippen molar-refractivity contribution in [2.24, 2.45) is 11.3 Å². The fraction of sp³-hybridized carbons (Fsp3) is 1.00. The predicted octanol–water partition coefficient (Wildman–Crippen LogP) is 2.98. The average Bonchev–Trinajstić information content (AvgIpc) is 3.02. The van der Waals surface area contributed by atoms with Crippen LogP contribution in [-0.4, -0.2) is 48.1 Å². The van der Waals surface area contributed by atoms with E-state index in [1.165, 1.54) is 63.2 Å². The molecule has 0 bridgehead atoms.